The van der Waals surface area contributed by atoms with Crippen LogP contribution in [-0.2, 0) is 9.53 Å². The van der Waals surface area contributed by atoms with Gasteiger partial charge < -0.3 is 20.3 Å². The Kier molecular flexibility index (Phi) is 6.63. The molecular formula is C14H19NO4. The Morgan fingerprint density at radius 3 is 2.74 bits per heavy atom. The second kappa shape index (κ2) is 8.29. The molecule has 1 aromatic carbocycles. The molecule has 0 saturated carbocycles. The van der Waals surface area contributed by atoms with Gasteiger partial charge in [-0.05, 0) is 30.2 Å². The van der Waals surface area contributed by atoms with Crippen molar-refractivity contribution in [1.82, 2.24) is 5.32 Å². The second-order valence-electron chi connectivity index (χ2n) is 4.11. The van der Waals surface area contributed by atoms with Crippen molar-refractivity contribution < 1.29 is 19.7 Å². The first-order chi connectivity index (χ1) is 9.11. The predicted octanol–water partition coefficient (Wildman–Crippen LogP) is 0.919. The Morgan fingerprint density at radius 1 is 1.42 bits per heavy atom. The van der Waals surface area contributed by atoms with Crippen LogP contribution in [0.15, 0.2) is 30.3 Å². The molecule has 0 aliphatic heterocycles. The molecule has 0 aliphatic rings. The third-order valence-corrected chi connectivity index (χ3v) is 2.46. The van der Waals surface area contributed by atoms with E-state index in [0.29, 0.717) is 13.0 Å². The van der Waals surface area contributed by atoms with E-state index in [2.05, 4.69) is 5.32 Å². The molecule has 19 heavy (non-hydrogen) atoms. The summed E-state index contributed by atoms with van der Waals surface area (Å²) in [5, 5.41) is 21.1. The number of carbonyl (C=O) groups excluding carboxylic acids is 1. The van der Waals surface area contributed by atoms with Gasteiger partial charge in [-0.25, -0.2) is 0 Å². The fraction of sp³-hybridized carbons (Fsp3) is 0.357. The number of hydrogen-bond donors (Lipinski definition) is 3. The van der Waals surface area contributed by atoms with Gasteiger partial charge in [-0.1, -0.05) is 12.1 Å². The third-order valence-electron chi connectivity index (χ3n) is 2.46. The van der Waals surface area contributed by atoms with E-state index in [-0.39, 0.29) is 18.3 Å². The summed E-state index contributed by atoms with van der Waals surface area (Å²) in [7, 11) is 1.52. The summed E-state index contributed by atoms with van der Waals surface area (Å²) in [4.78, 5) is 11.5. The molecule has 0 heterocycles. The SMILES string of the molecule is COCC(O)CCNC(=O)/C=C/c1ccc(O)cc1. The molecule has 0 spiro atoms. The van der Waals surface area contributed by atoms with E-state index in [1.54, 1.807) is 30.3 Å². The first-order valence-electron chi connectivity index (χ1n) is 6.03. The molecule has 1 aromatic rings. The second-order valence-corrected chi connectivity index (χ2v) is 4.11. The average molecular weight is 265 g/mol. The number of carbonyl (C=O) groups is 1. The van der Waals surface area contributed by atoms with Crippen LogP contribution in [-0.4, -0.2) is 42.5 Å². The molecule has 0 radical (unpaired) electrons. The highest BCUT2D eigenvalue weighted by Gasteiger charge is 2.03. The largest absolute Gasteiger partial charge is 0.508 e. The van der Waals surface area contributed by atoms with E-state index in [1.807, 2.05) is 0 Å². The summed E-state index contributed by atoms with van der Waals surface area (Å²) < 4.78 is 4.78. The zero-order valence-corrected chi connectivity index (χ0v) is 10.9. The summed E-state index contributed by atoms with van der Waals surface area (Å²) >= 11 is 0. The van der Waals surface area contributed by atoms with Crippen molar-refractivity contribution in [3.05, 3.63) is 35.9 Å². The lowest BCUT2D eigenvalue weighted by Gasteiger charge is -2.08. The number of aromatic hydroxyl groups is 1. The number of benzene rings is 1. The smallest absolute Gasteiger partial charge is 0.244 e. The summed E-state index contributed by atoms with van der Waals surface area (Å²) in [5.74, 6) is -0.0357. The number of rotatable bonds is 7. The van der Waals surface area contributed by atoms with Gasteiger partial charge in [0.05, 0.1) is 12.7 Å². The molecule has 5 heteroatoms. The van der Waals surface area contributed by atoms with Crippen LogP contribution in [0.25, 0.3) is 6.08 Å². The number of amides is 1. The molecule has 1 amide bonds. The van der Waals surface area contributed by atoms with Crippen LogP contribution in [0.4, 0.5) is 0 Å². The Labute approximate surface area is 112 Å². The standard InChI is InChI=1S/C14H19NO4/c1-19-10-13(17)8-9-15-14(18)7-4-11-2-5-12(16)6-3-11/h2-7,13,16-17H,8-10H2,1H3,(H,15,18)/b7-4+. The fourth-order valence-corrected chi connectivity index (χ4v) is 1.45. The minimum absolute atomic E-state index is 0.189. The monoisotopic (exact) mass is 265 g/mol. The maximum absolute atomic E-state index is 11.5. The molecular weight excluding hydrogens is 246 g/mol. The van der Waals surface area contributed by atoms with Crippen LogP contribution in [0, 0.1) is 0 Å². The number of nitrogens with one attached hydrogen (secondary N) is 1. The number of ether oxygens (including phenoxy) is 1. The predicted molar refractivity (Wildman–Crippen MR) is 72.7 cm³/mol. The number of hydrogen-bond acceptors (Lipinski definition) is 4. The topological polar surface area (TPSA) is 78.8 Å². The Hall–Kier alpha value is -1.85. The Balaban J connectivity index is 2.29. The number of phenols is 1. The lowest BCUT2D eigenvalue weighted by molar-refractivity contribution is -0.116. The van der Waals surface area contributed by atoms with E-state index in [0.717, 1.165) is 5.56 Å². The van der Waals surface area contributed by atoms with Crippen LogP contribution in [0.3, 0.4) is 0 Å². The van der Waals surface area contributed by atoms with Gasteiger partial charge in [0.25, 0.3) is 0 Å². The molecule has 104 valence electrons. The van der Waals surface area contributed by atoms with Crippen LogP contribution < -0.4 is 5.32 Å². The normalized spacial score (nSPS) is 12.5. The van der Waals surface area contributed by atoms with Crippen LogP contribution in [0.2, 0.25) is 0 Å². The summed E-state index contributed by atoms with van der Waals surface area (Å²) in [6.07, 6.45) is 2.95. The minimum atomic E-state index is -0.564. The maximum atomic E-state index is 11.5. The molecule has 0 bridgehead atoms. The molecule has 1 unspecified atom stereocenters. The highest BCUT2D eigenvalue weighted by atomic mass is 16.5. The van der Waals surface area contributed by atoms with E-state index >= 15 is 0 Å². The van der Waals surface area contributed by atoms with Gasteiger partial charge in [-0.3, -0.25) is 4.79 Å². The molecule has 5 nitrogen and oxygen atoms in total. The Morgan fingerprint density at radius 2 is 2.11 bits per heavy atom. The molecule has 0 saturated heterocycles. The van der Waals surface area contributed by atoms with E-state index < -0.39 is 6.10 Å². The van der Waals surface area contributed by atoms with Crippen molar-refractivity contribution in [3.8, 4) is 5.75 Å². The van der Waals surface area contributed by atoms with E-state index in [1.165, 1.54) is 13.2 Å². The van der Waals surface area contributed by atoms with Crippen molar-refractivity contribution in [2.24, 2.45) is 0 Å². The average Bonchev–Trinajstić information content (AvgIpc) is 2.38. The van der Waals surface area contributed by atoms with Crippen LogP contribution in [0.5, 0.6) is 5.75 Å². The van der Waals surface area contributed by atoms with E-state index in [4.69, 9.17) is 9.84 Å². The lowest BCUT2D eigenvalue weighted by atomic mass is 10.2. The first-order valence-corrected chi connectivity index (χ1v) is 6.03. The van der Waals surface area contributed by atoms with Gasteiger partial charge in [0, 0.05) is 19.7 Å². The highest BCUT2D eigenvalue weighted by molar-refractivity contribution is 5.91. The number of aliphatic hydroxyl groups is 1. The van der Waals surface area contributed by atoms with Gasteiger partial charge >= 0.3 is 0 Å². The van der Waals surface area contributed by atoms with Crippen LogP contribution in [0.1, 0.15) is 12.0 Å². The Bertz CT molecular complexity index is 414. The summed E-state index contributed by atoms with van der Waals surface area (Å²) in [6.45, 7) is 0.655. The van der Waals surface area contributed by atoms with Crippen molar-refractivity contribution in [3.63, 3.8) is 0 Å². The third kappa shape index (κ3) is 6.59. The lowest BCUT2D eigenvalue weighted by Crippen LogP contribution is -2.27. The van der Waals surface area contributed by atoms with Gasteiger partial charge in [0.1, 0.15) is 5.75 Å². The number of aliphatic hydroxyl groups excluding tert-OH is 1. The zero-order valence-electron chi connectivity index (χ0n) is 10.9. The summed E-state index contributed by atoms with van der Waals surface area (Å²) in [6, 6.07) is 6.53. The van der Waals surface area contributed by atoms with Crippen molar-refractivity contribution in [2.75, 3.05) is 20.3 Å². The van der Waals surface area contributed by atoms with Crippen molar-refractivity contribution in [2.45, 2.75) is 12.5 Å². The molecule has 0 fully saturated rings. The number of methoxy groups -OCH3 is 1. The first kappa shape index (κ1) is 15.2. The van der Waals surface area contributed by atoms with Gasteiger partial charge in [-0.15, -0.1) is 0 Å². The number of phenolic OH excluding ortho intramolecular Hbond substituents is 1. The van der Waals surface area contributed by atoms with Gasteiger partial charge in [0.2, 0.25) is 5.91 Å². The summed E-state index contributed by atoms with van der Waals surface area (Å²) in [5.41, 5.74) is 0.826. The minimum Gasteiger partial charge on any atom is -0.508 e. The molecule has 0 aromatic heterocycles. The maximum Gasteiger partial charge on any atom is 0.244 e. The quantitative estimate of drug-likeness (QED) is 0.641. The molecule has 1 rings (SSSR count). The highest BCUT2D eigenvalue weighted by Crippen LogP contribution is 2.10. The van der Waals surface area contributed by atoms with Gasteiger partial charge in [-0.2, -0.15) is 0 Å². The fourth-order valence-electron chi connectivity index (χ4n) is 1.45. The van der Waals surface area contributed by atoms with E-state index in [9.17, 15) is 9.90 Å². The zero-order chi connectivity index (χ0) is 14.1. The van der Waals surface area contributed by atoms with Crippen LogP contribution >= 0.6 is 0 Å². The molecule has 1 atom stereocenters. The van der Waals surface area contributed by atoms with Gasteiger partial charge in [0.15, 0.2) is 0 Å². The molecule has 0 aliphatic carbocycles. The van der Waals surface area contributed by atoms with Crippen molar-refractivity contribution >= 4 is 12.0 Å². The van der Waals surface area contributed by atoms with Crippen molar-refractivity contribution in [1.29, 1.82) is 0 Å². The molecule has 3 N–H and O–H groups in total.